The van der Waals surface area contributed by atoms with Crippen molar-refractivity contribution >= 4 is 28.5 Å². The van der Waals surface area contributed by atoms with Gasteiger partial charge < -0.3 is 15.5 Å². The van der Waals surface area contributed by atoms with E-state index in [-0.39, 0.29) is 30.3 Å². The highest BCUT2D eigenvalue weighted by atomic mass is 19.4. The van der Waals surface area contributed by atoms with Crippen molar-refractivity contribution in [2.24, 2.45) is 17.8 Å². The monoisotopic (exact) mass is 574 g/mol. The lowest BCUT2D eigenvalue weighted by atomic mass is 9.93. The second kappa shape index (κ2) is 15.5. The number of rotatable bonds is 5. The number of pyridine rings is 1. The van der Waals surface area contributed by atoms with E-state index in [1.807, 2.05) is 0 Å². The molecule has 7 nitrogen and oxygen atoms in total. The Morgan fingerprint density at radius 3 is 2.15 bits per heavy atom. The molecule has 12 heteroatoms. The highest BCUT2D eigenvalue weighted by Crippen LogP contribution is 2.30. The van der Waals surface area contributed by atoms with E-state index < -0.39 is 48.1 Å². The van der Waals surface area contributed by atoms with Gasteiger partial charge >= 0.3 is 12.1 Å². The van der Waals surface area contributed by atoms with Crippen molar-refractivity contribution in [2.75, 3.05) is 13.1 Å². The van der Waals surface area contributed by atoms with E-state index >= 15 is 0 Å². The SMILES string of the molecule is CC(C)C.CC1CN(C(=O)CNC(=O)C(F)(F)F)C(C(=O)NCc2cncc3c(F)c(F)ccc23)C1C.CCC. The van der Waals surface area contributed by atoms with Gasteiger partial charge in [0.2, 0.25) is 11.8 Å². The number of halogens is 5. The molecule has 0 saturated carbocycles. The first-order valence-corrected chi connectivity index (χ1v) is 13.2. The van der Waals surface area contributed by atoms with Gasteiger partial charge in [-0.25, -0.2) is 8.78 Å². The number of fused-ring (bicyclic) bond motifs is 1. The number of hydrogen-bond donors (Lipinski definition) is 2. The third-order valence-electron chi connectivity index (χ3n) is 5.83. The lowest BCUT2D eigenvalue weighted by Crippen LogP contribution is -2.51. The first kappa shape index (κ1) is 34.7. The topological polar surface area (TPSA) is 91.4 Å². The van der Waals surface area contributed by atoms with Gasteiger partial charge in [0.05, 0.1) is 6.54 Å². The van der Waals surface area contributed by atoms with Crippen LogP contribution in [0.1, 0.15) is 60.5 Å². The van der Waals surface area contributed by atoms with Gasteiger partial charge in [-0.1, -0.05) is 61.0 Å². The van der Waals surface area contributed by atoms with Gasteiger partial charge in [-0.05, 0) is 34.8 Å². The summed E-state index contributed by atoms with van der Waals surface area (Å²) in [6.45, 7) is 13.4. The normalized spacial score (nSPS) is 18.4. The summed E-state index contributed by atoms with van der Waals surface area (Å²) in [7, 11) is 0. The standard InChI is InChI=1S/C21H21F5N4O3.C4H10.C3H8/c1-10-9-30(16(31)8-29-20(33)21(24,25)26)18(11(10)2)19(32)28-6-12-5-27-7-14-13(12)3-4-15(22)17(14)23;1-4(2)3;1-3-2/h3-5,7,10-11,18H,6,8-9H2,1-2H3,(H,28,32)(H,29,33);4H,1-3H3;3H2,1-2H3. The fourth-order valence-electron chi connectivity index (χ4n) is 3.85. The Bertz CT molecular complexity index is 1150. The van der Waals surface area contributed by atoms with Gasteiger partial charge in [-0.3, -0.25) is 19.4 Å². The number of benzene rings is 1. The predicted molar refractivity (Wildman–Crippen MR) is 143 cm³/mol. The zero-order chi connectivity index (χ0) is 30.8. The number of carbonyl (C=O) groups is 3. The fourth-order valence-corrected chi connectivity index (χ4v) is 3.85. The molecule has 1 saturated heterocycles. The largest absolute Gasteiger partial charge is 0.471 e. The average molecular weight is 575 g/mol. The summed E-state index contributed by atoms with van der Waals surface area (Å²) in [6, 6.07) is 1.34. The maximum absolute atomic E-state index is 14.0. The summed E-state index contributed by atoms with van der Waals surface area (Å²) in [5.74, 6) is -5.35. The predicted octanol–water partition coefficient (Wildman–Crippen LogP) is 5.37. The molecule has 40 heavy (non-hydrogen) atoms. The fraction of sp³-hybridized carbons (Fsp3) is 0.571. The molecular formula is C28H39F5N4O3. The molecule has 224 valence electrons. The number of alkyl halides is 3. The number of nitrogens with zero attached hydrogens (tertiary/aromatic N) is 2. The van der Waals surface area contributed by atoms with E-state index in [0.29, 0.717) is 10.9 Å². The van der Waals surface area contributed by atoms with Gasteiger partial charge in [0.25, 0.3) is 0 Å². The van der Waals surface area contributed by atoms with Crippen LogP contribution in [-0.4, -0.2) is 52.9 Å². The molecule has 1 fully saturated rings. The van der Waals surface area contributed by atoms with E-state index in [9.17, 15) is 36.3 Å². The Balaban J connectivity index is 0.00000103. The minimum atomic E-state index is -5.13. The highest BCUT2D eigenvalue weighted by Gasteiger charge is 2.44. The summed E-state index contributed by atoms with van der Waals surface area (Å²) < 4.78 is 64.6. The molecule has 0 aliphatic carbocycles. The van der Waals surface area contributed by atoms with Crippen LogP contribution in [0.2, 0.25) is 0 Å². The first-order chi connectivity index (χ1) is 18.6. The second-order valence-corrected chi connectivity index (χ2v) is 10.4. The van der Waals surface area contributed by atoms with E-state index in [1.165, 1.54) is 24.0 Å². The number of carbonyl (C=O) groups excluding carboxylic acids is 3. The van der Waals surface area contributed by atoms with Crippen molar-refractivity contribution in [3.05, 3.63) is 41.7 Å². The Hall–Kier alpha value is -3.31. The first-order valence-electron chi connectivity index (χ1n) is 13.2. The van der Waals surface area contributed by atoms with Gasteiger partial charge in [-0.15, -0.1) is 0 Å². The lowest BCUT2D eigenvalue weighted by Gasteiger charge is -2.26. The van der Waals surface area contributed by atoms with E-state index in [0.717, 1.165) is 23.1 Å². The summed E-state index contributed by atoms with van der Waals surface area (Å²) in [5, 5.41) is 4.44. The maximum atomic E-state index is 14.0. The van der Waals surface area contributed by atoms with Crippen LogP contribution in [0, 0.1) is 29.4 Å². The number of nitrogens with one attached hydrogen (secondary N) is 2. The summed E-state index contributed by atoms with van der Waals surface area (Å²) in [4.78, 5) is 41.4. The van der Waals surface area contributed by atoms with Crippen molar-refractivity contribution in [1.29, 1.82) is 0 Å². The molecule has 3 rings (SSSR count). The molecule has 1 aromatic heterocycles. The molecule has 1 aromatic carbocycles. The quantitative estimate of drug-likeness (QED) is 0.470. The smallest absolute Gasteiger partial charge is 0.350 e. The van der Waals surface area contributed by atoms with Crippen molar-refractivity contribution in [3.63, 3.8) is 0 Å². The molecule has 0 radical (unpaired) electrons. The summed E-state index contributed by atoms with van der Waals surface area (Å²) in [5.41, 5.74) is 0.411. The van der Waals surface area contributed by atoms with Crippen molar-refractivity contribution in [1.82, 2.24) is 20.5 Å². The van der Waals surface area contributed by atoms with Gasteiger partial charge in [0.1, 0.15) is 6.04 Å². The number of amides is 3. The Morgan fingerprint density at radius 1 is 1.02 bits per heavy atom. The van der Waals surface area contributed by atoms with Gasteiger partial charge in [-0.2, -0.15) is 13.2 Å². The highest BCUT2D eigenvalue weighted by molar-refractivity contribution is 5.92. The average Bonchev–Trinajstić information content (AvgIpc) is 3.16. The summed E-state index contributed by atoms with van der Waals surface area (Å²) >= 11 is 0. The molecule has 1 aliphatic rings. The Morgan fingerprint density at radius 2 is 1.60 bits per heavy atom. The molecule has 3 unspecified atom stereocenters. The molecule has 3 atom stereocenters. The minimum Gasteiger partial charge on any atom is -0.350 e. The Labute approximate surface area is 231 Å². The summed E-state index contributed by atoms with van der Waals surface area (Å²) in [6.07, 6.45) is -1.33. The van der Waals surface area contributed by atoms with Crippen molar-refractivity contribution in [2.45, 2.75) is 73.6 Å². The van der Waals surface area contributed by atoms with E-state index in [1.54, 1.807) is 13.8 Å². The van der Waals surface area contributed by atoms with Crippen molar-refractivity contribution in [3.8, 4) is 0 Å². The molecule has 0 bridgehead atoms. The van der Waals surface area contributed by atoms with E-state index in [4.69, 9.17) is 0 Å². The minimum absolute atomic E-state index is 0.0539. The Kier molecular flexibility index (Phi) is 13.4. The third-order valence-corrected chi connectivity index (χ3v) is 5.83. The number of aromatic nitrogens is 1. The molecule has 3 amide bonds. The van der Waals surface area contributed by atoms with Gasteiger partial charge in [0, 0.05) is 30.9 Å². The van der Waals surface area contributed by atoms with Crippen LogP contribution in [0.15, 0.2) is 24.5 Å². The molecule has 2 heterocycles. The van der Waals surface area contributed by atoms with Crippen LogP contribution in [0.5, 0.6) is 0 Å². The molecular weight excluding hydrogens is 535 g/mol. The third kappa shape index (κ3) is 9.71. The molecule has 1 aliphatic heterocycles. The zero-order valence-electron chi connectivity index (χ0n) is 24.0. The molecule has 2 N–H and O–H groups in total. The molecule has 2 aromatic rings. The number of hydrogen-bond acceptors (Lipinski definition) is 4. The van der Waals surface area contributed by atoms with Crippen LogP contribution in [0.25, 0.3) is 10.8 Å². The lowest BCUT2D eigenvalue weighted by molar-refractivity contribution is -0.174. The molecule has 0 spiro atoms. The maximum Gasteiger partial charge on any atom is 0.471 e. The van der Waals surface area contributed by atoms with Crippen molar-refractivity contribution < 1.29 is 36.3 Å². The van der Waals surface area contributed by atoms with Crippen LogP contribution < -0.4 is 10.6 Å². The number of likely N-dealkylation sites (tertiary alicyclic amines) is 1. The van der Waals surface area contributed by atoms with E-state index in [2.05, 4.69) is 44.9 Å². The second-order valence-electron chi connectivity index (χ2n) is 10.4. The van der Waals surface area contributed by atoms with Gasteiger partial charge in [0.15, 0.2) is 11.6 Å². The van der Waals surface area contributed by atoms with Crippen LogP contribution in [-0.2, 0) is 20.9 Å². The zero-order valence-corrected chi connectivity index (χ0v) is 24.0. The van der Waals surface area contributed by atoms with Crippen LogP contribution in [0.4, 0.5) is 22.0 Å². The van der Waals surface area contributed by atoms with Crippen LogP contribution in [0.3, 0.4) is 0 Å². The van der Waals surface area contributed by atoms with Crippen LogP contribution >= 0.6 is 0 Å².